The van der Waals surface area contributed by atoms with Gasteiger partial charge in [0.1, 0.15) is 5.15 Å². The number of aryl methyl sites for hydroxylation is 2. The minimum absolute atomic E-state index is 0.0782. The van der Waals surface area contributed by atoms with Gasteiger partial charge in [-0.3, -0.25) is 9.48 Å². The third-order valence-electron chi connectivity index (χ3n) is 3.85. The van der Waals surface area contributed by atoms with Crippen molar-refractivity contribution in [2.24, 2.45) is 7.05 Å². The molecule has 6 heteroatoms. The van der Waals surface area contributed by atoms with Gasteiger partial charge >= 0.3 is 0 Å². The molecule has 0 aliphatic carbocycles. The van der Waals surface area contributed by atoms with E-state index < -0.39 is 0 Å². The fourth-order valence-electron chi connectivity index (χ4n) is 2.54. The molecule has 0 unspecified atom stereocenters. The van der Waals surface area contributed by atoms with Crippen molar-refractivity contribution in [1.82, 2.24) is 14.7 Å². The first-order chi connectivity index (χ1) is 12.0. The number of nitrogens with zero attached hydrogens (tertiary/aromatic N) is 4. The van der Waals surface area contributed by atoms with E-state index in [4.69, 9.17) is 16.9 Å². The number of hydrogen-bond acceptors (Lipinski definition) is 3. The summed E-state index contributed by atoms with van der Waals surface area (Å²) >= 11 is 6.19. The SMILES string of the molecule is CCCN(Cc1ccc(C#N)cc1)C(=O)/C=C/c1c(C)nn(C)c1Cl. The quantitative estimate of drug-likeness (QED) is 0.741. The first-order valence-electron chi connectivity index (χ1n) is 8.11. The summed E-state index contributed by atoms with van der Waals surface area (Å²) in [6, 6.07) is 9.37. The van der Waals surface area contributed by atoms with Crippen LogP contribution >= 0.6 is 11.6 Å². The van der Waals surface area contributed by atoms with E-state index in [9.17, 15) is 4.79 Å². The highest BCUT2D eigenvalue weighted by molar-refractivity contribution is 6.31. The van der Waals surface area contributed by atoms with Crippen LogP contribution in [0, 0.1) is 18.3 Å². The van der Waals surface area contributed by atoms with Gasteiger partial charge in [0, 0.05) is 31.8 Å². The maximum absolute atomic E-state index is 12.6. The van der Waals surface area contributed by atoms with Gasteiger partial charge in [-0.05, 0) is 37.1 Å². The Bertz CT molecular complexity index is 815. The molecule has 0 fully saturated rings. The summed E-state index contributed by atoms with van der Waals surface area (Å²) in [7, 11) is 1.77. The second-order valence-electron chi connectivity index (χ2n) is 5.82. The molecule has 0 aliphatic heterocycles. The number of hydrogen-bond donors (Lipinski definition) is 0. The van der Waals surface area contributed by atoms with Crippen LogP contribution in [-0.4, -0.2) is 27.1 Å². The zero-order valence-corrected chi connectivity index (χ0v) is 15.4. The third-order valence-corrected chi connectivity index (χ3v) is 4.30. The molecule has 0 spiro atoms. The van der Waals surface area contributed by atoms with E-state index in [1.807, 2.05) is 26.0 Å². The van der Waals surface area contributed by atoms with Crippen LogP contribution in [0.15, 0.2) is 30.3 Å². The monoisotopic (exact) mass is 356 g/mol. The van der Waals surface area contributed by atoms with E-state index in [2.05, 4.69) is 11.2 Å². The lowest BCUT2D eigenvalue weighted by Gasteiger charge is -2.20. The van der Waals surface area contributed by atoms with E-state index in [1.54, 1.807) is 34.8 Å². The molecule has 0 atom stereocenters. The van der Waals surface area contributed by atoms with E-state index in [-0.39, 0.29) is 5.91 Å². The van der Waals surface area contributed by atoms with Crippen LogP contribution in [0.1, 0.15) is 35.7 Å². The minimum atomic E-state index is -0.0782. The minimum Gasteiger partial charge on any atom is -0.335 e. The van der Waals surface area contributed by atoms with Gasteiger partial charge in [0.15, 0.2) is 0 Å². The van der Waals surface area contributed by atoms with E-state index >= 15 is 0 Å². The van der Waals surface area contributed by atoms with E-state index in [0.717, 1.165) is 23.2 Å². The topological polar surface area (TPSA) is 61.9 Å². The molecule has 2 aromatic rings. The molecule has 25 heavy (non-hydrogen) atoms. The number of rotatable bonds is 6. The number of benzene rings is 1. The molecule has 0 saturated carbocycles. The maximum Gasteiger partial charge on any atom is 0.246 e. The smallest absolute Gasteiger partial charge is 0.246 e. The lowest BCUT2D eigenvalue weighted by Crippen LogP contribution is -2.29. The van der Waals surface area contributed by atoms with Gasteiger partial charge in [-0.15, -0.1) is 0 Å². The first kappa shape index (κ1) is 18.8. The Morgan fingerprint density at radius 3 is 2.60 bits per heavy atom. The third kappa shape index (κ3) is 4.71. The summed E-state index contributed by atoms with van der Waals surface area (Å²) in [5.41, 5.74) is 3.14. The van der Waals surface area contributed by atoms with Crippen LogP contribution in [0.2, 0.25) is 5.15 Å². The van der Waals surface area contributed by atoms with Crippen LogP contribution < -0.4 is 0 Å². The second kappa shape index (κ2) is 8.50. The average molecular weight is 357 g/mol. The van der Waals surface area contributed by atoms with Crippen molar-refractivity contribution in [3.05, 3.63) is 57.9 Å². The van der Waals surface area contributed by atoms with Gasteiger partial charge in [-0.1, -0.05) is 30.7 Å². The summed E-state index contributed by atoms with van der Waals surface area (Å²) in [5.74, 6) is -0.0782. The largest absolute Gasteiger partial charge is 0.335 e. The Hall–Kier alpha value is -2.58. The maximum atomic E-state index is 12.6. The number of aromatic nitrogens is 2. The van der Waals surface area contributed by atoms with Crippen LogP contribution in [0.4, 0.5) is 0 Å². The molecule has 0 radical (unpaired) electrons. The van der Waals surface area contributed by atoms with Gasteiger partial charge in [0.25, 0.3) is 0 Å². The normalized spacial score (nSPS) is 10.8. The Kier molecular flexibility index (Phi) is 6.37. The Labute approximate surface area is 153 Å². The highest BCUT2D eigenvalue weighted by atomic mass is 35.5. The van der Waals surface area contributed by atoms with Crippen LogP contribution in [0.3, 0.4) is 0 Å². The van der Waals surface area contributed by atoms with Crippen molar-refractivity contribution in [2.45, 2.75) is 26.8 Å². The highest BCUT2D eigenvalue weighted by Gasteiger charge is 2.12. The second-order valence-corrected chi connectivity index (χ2v) is 6.17. The van der Waals surface area contributed by atoms with Gasteiger partial charge in [0.2, 0.25) is 5.91 Å². The predicted molar refractivity (Wildman–Crippen MR) is 98.9 cm³/mol. The highest BCUT2D eigenvalue weighted by Crippen LogP contribution is 2.20. The fraction of sp³-hybridized carbons (Fsp3) is 0.316. The summed E-state index contributed by atoms with van der Waals surface area (Å²) in [6.45, 7) is 5.05. The average Bonchev–Trinajstić information content (AvgIpc) is 2.85. The van der Waals surface area contributed by atoms with Crippen molar-refractivity contribution in [1.29, 1.82) is 5.26 Å². The molecular formula is C19H21ClN4O. The van der Waals surface area contributed by atoms with Crippen molar-refractivity contribution >= 4 is 23.6 Å². The van der Waals surface area contributed by atoms with Crippen molar-refractivity contribution in [3.8, 4) is 6.07 Å². The fourth-order valence-corrected chi connectivity index (χ4v) is 2.78. The number of carbonyl (C=O) groups excluding carboxylic acids is 1. The van der Waals surface area contributed by atoms with Crippen LogP contribution in [-0.2, 0) is 18.4 Å². The van der Waals surface area contributed by atoms with Gasteiger partial charge in [-0.2, -0.15) is 10.4 Å². The predicted octanol–water partition coefficient (Wildman–Crippen LogP) is 3.71. The van der Waals surface area contributed by atoms with Gasteiger partial charge in [-0.25, -0.2) is 0 Å². The van der Waals surface area contributed by atoms with Crippen molar-refractivity contribution in [2.75, 3.05) is 6.54 Å². The van der Waals surface area contributed by atoms with Crippen LogP contribution in [0.25, 0.3) is 6.08 Å². The lowest BCUT2D eigenvalue weighted by atomic mass is 10.1. The Morgan fingerprint density at radius 2 is 2.08 bits per heavy atom. The van der Waals surface area contributed by atoms with Gasteiger partial charge < -0.3 is 4.90 Å². The Balaban J connectivity index is 2.14. The molecule has 0 saturated heterocycles. The molecule has 1 aromatic heterocycles. The number of halogens is 1. The molecule has 1 amide bonds. The van der Waals surface area contributed by atoms with Crippen molar-refractivity contribution in [3.63, 3.8) is 0 Å². The molecule has 5 nitrogen and oxygen atoms in total. The molecule has 2 rings (SSSR count). The summed E-state index contributed by atoms with van der Waals surface area (Å²) in [6.07, 6.45) is 4.12. The number of nitriles is 1. The van der Waals surface area contributed by atoms with Crippen LogP contribution in [0.5, 0.6) is 0 Å². The first-order valence-corrected chi connectivity index (χ1v) is 8.49. The summed E-state index contributed by atoms with van der Waals surface area (Å²) in [5, 5.41) is 13.6. The summed E-state index contributed by atoms with van der Waals surface area (Å²) in [4.78, 5) is 14.4. The van der Waals surface area contributed by atoms with E-state index in [1.165, 1.54) is 6.08 Å². The lowest BCUT2D eigenvalue weighted by molar-refractivity contribution is -0.126. The molecule has 1 aromatic carbocycles. The molecule has 0 N–H and O–H groups in total. The number of carbonyl (C=O) groups is 1. The zero-order chi connectivity index (χ0) is 18.4. The standard InChI is InChI=1S/C19H21ClN4O/c1-4-11-24(13-16-7-5-15(12-21)6-8-16)18(25)10-9-17-14(2)22-23(3)19(17)20/h5-10H,4,11,13H2,1-3H3/b10-9+. The molecule has 1 heterocycles. The molecule has 0 bridgehead atoms. The molecular weight excluding hydrogens is 336 g/mol. The Morgan fingerprint density at radius 1 is 1.40 bits per heavy atom. The van der Waals surface area contributed by atoms with Crippen molar-refractivity contribution < 1.29 is 4.79 Å². The van der Waals surface area contributed by atoms with E-state index in [0.29, 0.717) is 23.8 Å². The number of amides is 1. The molecule has 0 aliphatic rings. The summed E-state index contributed by atoms with van der Waals surface area (Å²) < 4.78 is 1.58. The van der Waals surface area contributed by atoms with Gasteiger partial charge in [0.05, 0.1) is 17.3 Å². The zero-order valence-electron chi connectivity index (χ0n) is 14.7. The molecule has 130 valence electrons.